The third-order valence-electron chi connectivity index (χ3n) is 3.56. The molecule has 3 rings (SSSR count). The van der Waals surface area contributed by atoms with E-state index in [0.29, 0.717) is 36.4 Å². The van der Waals surface area contributed by atoms with Gasteiger partial charge in [-0.15, -0.1) is 0 Å². The number of fused-ring (bicyclic) bond motifs is 1. The Labute approximate surface area is 126 Å². The van der Waals surface area contributed by atoms with E-state index in [0.717, 1.165) is 0 Å². The molecule has 0 bridgehead atoms. The van der Waals surface area contributed by atoms with Gasteiger partial charge in [0.15, 0.2) is 0 Å². The van der Waals surface area contributed by atoms with Crippen LogP contribution in [-0.4, -0.2) is 16.8 Å². The van der Waals surface area contributed by atoms with Crippen LogP contribution in [0.1, 0.15) is 22.4 Å². The normalized spacial score (nSPS) is 15.6. The predicted octanol–water partition coefficient (Wildman–Crippen LogP) is 4.19. The third kappa shape index (κ3) is 3.05. The van der Waals surface area contributed by atoms with Gasteiger partial charge in [-0.05, 0) is 18.2 Å². The van der Waals surface area contributed by atoms with E-state index in [4.69, 9.17) is 4.74 Å². The minimum absolute atomic E-state index is 0.0521. The summed E-state index contributed by atoms with van der Waals surface area (Å²) in [5, 5.41) is 6.52. The van der Waals surface area contributed by atoms with Crippen LogP contribution < -0.4 is 0 Å². The Morgan fingerprint density at radius 2 is 1.57 bits per heavy atom. The number of benzene rings is 1. The van der Waals surface area contributed by atoms with Crippen molar-refractivity contribution in [1.82, 2.24) is 10.2 Å². The number of hydrogen-bond donors (Lipinski definition) is 1. The monoisotopic (exact) mass is 336 g/mol. The maximum absolute atomic E-state index is 12.9. The Bertz CT molecular complexity index is 700. The summed E-state index contributed by atoms with van der Waals surface area (Å²) in [5.41, 5.74) is -1.76. The number of nitrogens with one attached hydrogen (secondary N) is 1. The van der Waals surface area contributed by atoms with Gasteiger partial charge in [-0.3, -0.25) is 5.10 Å². The average molecular weight is 336 g/mol. The van der Waals surface area contributed by atoms with Gasteiger partial charge >= 0.3 is 12.4 Å². The largest absolute Gasteiger partial charge is 0.416 e. The summed E-state index contributed by atoms with van der Waals surface area (Å²) < 4.78 is 82.6. The molecule has 0 spiro atoms. The number of alkyl halides is 6. The lowest BCUT2D eigenvalue weighted by Crippen LogP contribution is -2.12. The molecule has 1 aromatic carbocycles. The van der Waals surface area contributed by atoms with Crippen molar-refractivity contribution in [3.05, 3.63) is 40.6 Å². The second kappa shape index (κ2) is 5.26. The van der Waals surface area contributed by atoms with E-state index in [1.807, 2.05) is 0 Å². The first-order valence-electron chi connectivity index (χ1n) is 6.60. The molecule has 124 valence electrons. The summed E-state index contributed by atoms with van der Waals surface area (Å²) in [6.07, 6.45) is -9.29. The number of H-pyrrole nitrogens is 1. The van der Waals surface area contributed by atoms with Crippen molar-refractivity contribution in [1.29, 1.82) is 0 Å². The van der Waals surface area contributed by atoms with Crippen LogP contribution in [-0.2, 0) is 30.1 Å². The quantitative estimate of drug-likeness (QED) is 0.793. The molecule has 0 amide bonds. The molecule has 0 fully saturated rings. The Morgan fingerprint density at radius 1 is 0.957 bits per heavy atom. The van der Waals surface area contributed by atoms with Gasteiger partial charge in [-0.25, -0.2) is 0 Å². The molecule has 1 aliphatic rings. The highest BCUT2D eigenvalue weighted by Crippen LogP contribution is 2.39. The molecule has 2 aromatic rings. The summed E-state index contributed by atoms with van der Waals surface area (Å²) in [5.74, 6) is 0. The molecule has 1 aromatic heterocycles. The third-order valence-corrected chi connectivity index (χ3v) is 3.56. The summed E-state index contributed by atoms with van der Waals surface area (Å²) >= 11 is 0. The number of rotatable bonds is 1. The van der Waals surface area contributed by atoms with Gasteiger partial charge in [0.05, 0.1) is 30.0 Å². The topological polar surface area (TPSA) is 37.9 Å². The minimum atomic E-state index is -4.89. The molecule has 23 heavy (non-hydrogen) atoms. The molecular formula is C14H10F6N2O. The molecular weight excluding hydrogens is 326 g/mol. The molecule has 2 heterocycles. The van der Waals surface area contributed by atoms with Crippen LogP contribution in [0.25, 0.3) is 11.3 Å². The first-order valence-corrected chi connectivity index (χ1v) is 6.60. The molecule has 0 saturated heterocycles. The Kier molecular flexibility index (Phi) is 3.62. The van der Waals surface area contributed by atoms with Crippen molar-refractivity contribution in [2.75, 3.05) is 6.61 Å². The first kappa shape index (κ1) is 15.9. The zero-order valence-electron chi connectivity index (χ0n) is 11.5. The highest BCUT2D eigenvalue weighted by Gasteiger charge is 2.37. The van der Waals surface area contributed by atoms with Crippen molar-refractivity contribution < 1.29 is 31.1 Å². The number of aromatic amines is 1. The molecule has 1 aliphatic heterocycles. The second-order valence-electron chi connectivity index (χ2n) is 5.13. The van der Waals surface area contributed by atoms with Gasteiger partial charge in [0.1, 0.15) is 0 Å². The first-order chi connectivity index (χ1) is 10.7. The maximum atomic E-state index is 12.9. The van der Waals surface area contributed by atoms with Crippen molar-refractivity contribution >= 4 is 0 Å². The van der Waals surface area contributed by atoms with E-state index < -0.39 is 23.5 Å². The van der Waals surface area contributed by atoms with Gasteiger partial charge in [-0.1, -0.05) is 0 Å². The van der Waals surface area contributed by atoms with E-state index >= 15 is 0 Å². The fourth-order valence-electron chi connectivity index (χ4n) is 2.44. The molecule has 9 heteroatoms. The summed E-state index contributed by atoms with van der Waals surface area (Å²) in [7, 11) is 0. The van der Waals surface area contributed by atoms with Crippen molar-refractivity contribution in [2.24, 2.45) is 0 Å². The van der Waals surface area contributed by atoms with E-state index in [9.17, 15) is 26.3 Å². The number of hydrogen-bond acceptors (Lipinski definition) is 2. The summed E-state index contributed by atoms with van der Waals surface area (Å²) in [4.78, 5) is 0. The van der Waals surface area contributed by atoms with E-state index in [2.05, 4.69) is 10.2 Å². The average Bonchev–Trinajstić information content (AvgIpc) is 2.89. The fourth-order valence-corrected chi connectivity index (χ4v) is 2.44. The summed E-state index contributed by atoms with van der Waals surface area (Å²) in [6, 6.07) is 1.43. The smallest absolute Gasteiger partial charge is 0.376 e. The van der Waals surface area contributed by atoms with E-state index in [1.165, 1.54) is 0 Å². The van der Waals surface area contributed by atoms with Gasteiger partial charge in [0, 0.05) is 23.2 Å². The summed E-state index contributed by atoms with van der Waals surface area (Å²) in [6.45, 7) is 0.518. The highest BCUT2D eigenvalue weighted by atomic mass is 19.4. The molecule has 1 N–H and O–H groups in total. The van der Waals surface area contributed by atoms with Crippen LogP contribution in [0.2, 0.25) is 0 Å². The Morgan fingerprint density at radius 3 is 2.13 bits per heavy atom. The second-order valence-corrected chi connectivity index (χ2v) is 5.13. The van der Waals surface area contributed by atoms with Crippen LogP contribution in [0, 0.1) is 0 Å². The standard InChI is InChI=1S/C14H10F6N2O/c15-13(16,17)8-3-7(4-9(5-8)14(18,19)20)12-10-6-23-2-1-11(10)21-22-12/h3-5H,1-2,6H2,(H,21,22). The lowest BCUT2D eigenvalue weighted by atomic mass is 9.99. The van der Waals surface area contributed by atoms with Crippen LogP contribution in [0.5, 0.6) is 0 Å². The zero-order valence-corrected chi connectivity index (χ0v) is 11.5. The molecule has 0 unspecified atom stereocenters. The number of halogens is 6. The van der Waals surface area contributed by atoms with Gasteiger partial charge < -0.3 is 4.74 Å². The molecule has 0 radical (unpaired) electrons. The minimum Gasteiger partial charge on any atom is -0.376 e. The van der Waals surface area contributed by atoms with Crippen molar-refractivity contribution in [3.8, 4) is 11.3 Å². The fraction of sp³-hybridized carbons (Fsp3) is 0.357. The SMILES string of the molecule is FC(F)(F)c1cc(-c2n[nH]c3c2COCC3)cc(C(F)(F)F)c1. The van der Waals surface area contributed by atoms with Gasteiger partial charge in [-0.2, -0.15) is 31.4 Å². The highest BCUT2D eigenvalue weighted by molar-refractivity contribution is 5.66. The lowest BCUT2D eigenvalue weighted by molar-refractivity contribution is -0.143. The predicted molar refractivity (Wildman–Crippen MR) is 67.4 cm³/mol. The molecule has 3 nitrogen and oxygen atoms in total. The van der Waals surface area contributed by atoms with Crippen LogP contribution in [0.15, 0.2) is 18.2 Å². The molecule has 0 saturated carbocycles. The molecule has 0 aliphatic carbocycles. The lowest BCUT2D eigenvalue weighted by Gasteiger charge is -2.15. The molecule has 0 atom stereocenters. The van der Waals surface area contributed by atoms with E-state index in [1.54, 1.807) is 0 Å². The van der Waals surface area contributed by atoms with Crippen LogP contribution in [0.3, 0.4) is 0 Å². The van der Waals surface area contributed by atoms with Crippen molar-refractivity contribution in [3.63, 3.8) is 0 Å². The van der Waals surface area contributed by atoms with Crippen LogP contribution >= 0.6 is 0 Å². The Balaban J connectivity index is 2.17. The van der Waals surface area contributed by atoms with Gasteiger partial charge in [0.25, 0.3) is 0 Å². The van der Waals surface area contributed by atoms with Crippen LogP contribution in [0.4, 0.5) is 26.3 Å². The van der Waals surface area contributed by atoms with E-state index in [-0.39, 0.29) is 23.9 Å². The van der Waals surface area contributed by atoms with Gasteiger partial charge in [0.2, 0.25) is 0 Å². The zero-order chi connectivity index (χ0) is 16.8. The Hall–Kier alpha value is -2.03. The number of nitrogens with zero attached hydrogens (tertiary/aromatic N) is 1. The van der Waals surface area contributed by atoms with Crippen molar-refractivity contribution in [2.45, 2.75) is 25.4 Å². The number of ether oxygens (including phenoxy) is 1. The maximum Gasteiger partial charge on any atom is 0.416 e. The number of aromatic nitrogens is 2.